The molecule has 1 nitrogen and oxygen atoms in total. The Balaban J connectivity index is 2.39. The lowest BCUT2D eigenvalue weighted by Gasteiger charge is -2.06. The highest BCUT2D eigenvalue weighted by atomic mass is 32.2. The van der Waals surface area contributed by atoms with Crippen LogP contribution in [-0.2, 0) is 0 Å². The van der Waals surface area contributed by atoms with Crippen LogP contribution in [0, 0.1) is 12.7 Å². The number of hydrogen-bond acceptors (Lipinski definition) is 2. The first-order chi connectivity index (χ1) is 6.74. The van der Waals surface area contributed by atoms with Crippen LogP contribution in [-0.4, -0.2) is 18.1 Å². The summed E-state index contributed by atoms with van der Waals surface area (Å²) in [5.74, 6) is 2.09. The van der Waals surface area contributed by atoms with Crippen molar-refractivity contribution in [1.29, 1.82) is 0 Å². The van der Waals surface area contributed by atoms with Gasteiger partial charge in [-0.05, 0) is 36.4 Å². The second-order valence-corrected chi connectivity index (χ2v) is 4.48. The fourth-order valence-electron chi connectivity index (χ4n) is 1.17. The Morgan fingerprint density at radius 1 is 1.43 bits per heavy atom. The van der Waals surface area contributed by atoms with Crippen molar-refractivity contribution in [2.45, 2.75) is 13.8 Å². The van der Waals surface area contributed by atoms with Crippen molar-refractivity contribution in [1.82, 2.24) is 0 Å². The lowest BCUT2D eigenvalue weighted by molar-refractivity contribution is 0.618. The van der Waals surface area contributed by atoms with Crippen molar-refractivity contribution in [3.8, 4) is 0 Å². The highest BCUT2D eigenvalue weighted by Crippen LogP contribution is 2.13. The first-order valence-electron chi connectivity index (χ1n) is 4.82. The molecule has 0 radical (unpaired) electrons. The second-order valence-electron chi connectivity index (χ2n) is 3.09. The third-order valence-corrected chi connectivity index (χ3v) is 2.84. The van der Waals surface area contributed by atoms with Crippen molar-refractivity contribution in [3.05, 3.63) is 29.6 Å². The highest BCUT2D eigenvalue weighted by molar-refractivity contribution is 7.99. The third-order valence-electron chi connectivity index (χ3n) is 1.94. The average Bonchev–Trinajstić information content (AvgIpc) is 2.18. The standard InChI is InChI=1S/C11H16FNS/c1-3-14-7-6-13-10-4-5-11(12)9(2)8-10/h4-5,8,13H,3,6-7H2,1-2H3. The molecule has 0 atom stereocenters. The molecular formula is C11H16FNS. The number of hydrogen-bond donors (Lipinski definition) is 1. The van der Waals surface area contributed by atoms with Gasteiger partial charge in [0.05, 0.1) is 0 Å². The fourth-order valence-corrected chi connectivity index (χ4v) is 1.70. The van der Waals surface area contributed by atoms with Crippen LogP contribution in [0.2, 0.25) is 0 Å². The molecule has 78 valence electrons. The summed E-state index contributed by atoms with van der Waals surface area (Å²) in [5.41, 5.74) is 1.69. The summed E-state index contributed by atoms with van der Waals surface area (Å²) in [7, 11) is 0. The molecule has 1 N–H and O–H groups in total. The highest BCUT2D eigenvalue weighted by Gasteiger charge is 1.97. The van der Waals surface area contributed by atoms with Crippen molar-refractivity contribution in [3.63, 3.8) is 0 Å². The zero-order valence-electron chi connectivity index (χ0n) is 8.64. The van der Waals surface area contributed by atoms with Gasteiger partial charge in [-0.1, -0.05) is 6.92 Å². The number of halogens is 1. The maximum absolute atomic E-state index is 12.9. The Hall–Kier alpha value is -0.700. The predicted octanol–water partition coefficient (Wildman–Crippen LogP) is 3.30. The predicted molar refractivity (Wildman–Crippen MR) is 62.6 cm³/mol. The van der Waals surface area contributed by atoms with Gasteiger partial charge in [0.15, 0.2) is 0 Å². The molecule has 0 aromatic heterocycles. The van der Waals surface area contributed by atoms with Crippen molar-refractivity contribution in [2.24, 2.45) is 0 Å². The van der Waals surface area contributed by atoms with Gasteiger partial charge in [-0.2, -0.15) is 11.8 Å². The van der Waals surface area contributed by atoms with E-state index in [0.717, 1.165) is 23.7 Å². The second kappa shape index (κ2) is 5.91. The van der Waals surface area contributed by atoms with E-state index < -0.39 is 0 Å². The summed E-state index contributed by atoms with van der Waals surface area (Å²) < 4.78 is 12.9. The van der Waals surface area contributed by atoms with Crippen LogP contribution in [0.3, 0.4) is 0 Å². The summed E-state index contributed by atoms with van der Waals surface area (Å²) in [5, 5.41) is 3.26. The van der Waals surface area contributed by atoms with Gasteiger partial charge in [-0.15, -0.1) is 0 Å². The Morgan fingerprint density at radius 2 is 2.21 bits per heavy atom. The van der Waals surface area contributed by atoms with Gasteiger partial charge >= 0.3 is 0 Å². The van der Waals surface area contributed by atoms with E-state index in [4.69, 9.17) is 0 Å². The Kier molecular flexibility index (Phi) is 4.80. The molecule has 0 saturated heterocycles. The first kappa shape index (κ1) is 11.4. The third kappa shape index (κ3) is 3.58. The lowest BCUT2D eigenvalue weighted by atomic mass is 10.2. The normalized spacial score (nSPS) is 10.2. The van der Waals surface area contributed by atoms with Crippen molar-refractivity contribution < 1.29 is 4.39 Å². The van der Waals surface area contributed by atoms with E-state index in [1.165, 1.54) is 6.07 Å². The molecule has 1 aromatic carbocycles. The summed E-state index contributed by atoms with van der Waals surface area (Å²) in [6, 6.07) is 5.12. The van der Waals surface area contributed by atoms with Crippen molar-refractivity contribution in [2.75, 3.05) is 23.4 Å². The zero-order valence-corrected chi connectivity index (χ0v) is 9.46. The smallest absolute Gasteiger partial charge is 0.126 e. The molecule has 0 heterocycles. The van der Waals surface area contributed by atoms with Crippen molar-refractivity contribution >= 4 is 17.4 Å². The number of rotatable bonds is 5. The minimum Gasteiger partial charge on any atom is -0.384 e. The monoisotopic (exact) mass is 213 g/mol. The Morgan fingerprint density at radius 3 is 2.86 bits per heavy atom. The molecule has 0 aliphatic heterocycles. The summed E-state index contributed by atoms with van der Waals surface area (Å²) in [4.78, 5) is 0. The van der Waals surface area contributed by atoms with Crippen LogP contribution < -0.4 is 5.32 Å². The van der Waals surface area contributed by atoms with E-state index in [1.807, 2.05) is 17.8 Å². The average molecular weight is 213 g/mol. The molecule has 0 aliphatic rings. The van der Waals surface area contributed by atoms with Gasteiger partial charge < -0.3 is 5.32 Å². The molecule has 0 saturated carbocycles. The molecule has 0 aliphatic carbocycles. The van der Waals surface area contributed by atoms with E-state index >= 15 is 0 Å². The molecule has 1 rings (SSSR count). The molecule has 0 amide bonds. The molecule has 0 fully saturated rings. The topological polar surface area (TPSA) is 12.0 Å². The first-order valence-corrected chi connectivity index (χ1v) is 5.97. The van der Waals surface area contributed by atoms with Gasteiger partial charge in [0, 0.05) is 18.0 Å². The largest absolute Gasteiger partial charge is 0.384 e. The number of aryl methyl sites for hydroxylation is 1. The van der Waals surface area contributed by atoms with E-state index in [2.05, 4.69) is 12.2 Å². The number of anilines is 1. The Labute approximate surface area is 89.1 Å². The van der Waals surface area contributed by atoms with E-state index in [-0.39, 0.29) is 5.82 Å². The molecule has 0 spiro atoms. The maximum atomic E-state index is 12.9. The minimum absolute atomic E-state index is 0.140. The van der Waals surface area contributed by atoms with E-state index in [0.29, 0.717) is 5.56 Å². The van der Waals surface area contributed by atoms with Crippen LogP contribution in [0.15, 0.2) is 18.2 Å². The Bertz CT molecular complexity index is 289. The van der Waals surface area contributed by atoms with Crippen LogP contribution >= 0.6 is 11.8 Å². The molecule has 3 heteroatoms. The summed E-state index contributed by atoms with van der Waals surface area (Å²) in [6.45, 7) is 4.86. The van der Waals surface area contributed by atoms with Gasteiger partial charge in [0.1, 0.15) is 5.82 Å². The minimum atomic E-state index is -0.140. The zero-order chi connectivity index (χ0) is 10.4. The summed E-state index contributed by atoms with van der Waals surface area (Å²) >= 11 is 1.90. The van der Waals surface area contributed by atoms with Crippen LogP contribution in [0.25, 0.3) is 0 Å². The quantitative estimate of drug-likeness (QED) is 0.753. The molecule has 14 heavy (non-hydrogen) atoms. The van der Waals surface area contributed by atoms with Crippen LogP contribution in [0.1, 0.15) is 12.5 Å². The van der Waals surface area contributed by atoms with E-state index in [9.17, 15) is 4.39 Å². The van der Waals surface area contributed by atoms with E-state index in [1.54, 1.807) is 13.0 Å². The van der Waals surface area contributed by atoms with Crippen LogP contribution in [0.5, 0.6) is 0 Å². The van der Waals surface area contributed by atoms with Gasteiger partial charge in [-0.3, -0.25) is 0 Å². The molecule has 0 bridgehead atoms. The van der Waals surface area contributed by atoms with Crippen LogP contribution in [0.4, 0.5) is 10.1 Å². The van der Waals surface area contributed by atoms with Gasteiger partial charge in [0.25, 0.3) is 0 Å². The maximum Gasteiger partial charge on any atom is 0.126 e. The summed E-state index contributed by atoms with van der Waals surface area (Å²) in [6.07, 6.45) is 0. The number of thioether (sulfide) groups is 1. The molecular weight excluding hydrogens is 197 g/mol. The molecule has 0 unspecified atom stereocenters. The fraction of sp³-hybridized carbons (Fsp3) is 0.455. The van der Waals surface area contributed by atoms with Gasteiger partial charge in [0.2, 0.25) is 0 Å². The molecule has 1 aromatic rings. The SMILES string of the molecule is CCSCCNc1ccc(F)c(C)c1. The van der Waals surface area contributed by atoms with Gasteiger partial charge in [-0.25, -0.2) is 4.39 Å². The number of nitrogens with one attached hydrogen (secondary N) is 1. The number of benzene rings is 1. The lowest BCUT2D eigenvalue weighted by Crippen LogP contribution is -2.04.